The standard InChI is InChI=1S/C21H31N5O/c1-6-25(18-10-8-7-9-11-18)20(27)13-19-16(4)24-26(17(19)5)21-22-14(2)12-15(3)23-21/h12,18H,6-11,13H2,1-5H3. The Labute approximate surface area is 162 Å². The summed E-state index contributed by atoms with van der Waals surface area (Å²) in [7, 11) is 0. The van der Waals surface area contributed by atoms with Crippen LogP contribution in [0.15, 0.2) is 6.07 Å². The van der Waals surface area contributed by atoms with Gasteiger partial charge in [0.05, 0.1) is 12.1 Å². The molecule has 0 spiro atoms. The number of aryl methyl sites for hydroxylation is 3. The van der Waals surface area contributed by atoms with Gasteiger partial charge in [-0.3, -0.25) is 4.79 Å². The molecule has 6 nitrogen and oxygen atoms in total. The molecule has 2 heterocycles. The van der Waals surface area contributed by atoms with Crippen LogP contribution in [0, 0.1) is 27.7 Å². The highest BCUT2D eigenvalue weighted by atomic mass is 16.2. The van der Waals surface area contributed by atoms with Crippen molar-refractivity contribution < 1.29 is 4.79 Å². The Morgan fingerprint density at radius 2 is 1.74 bits per heavy atom. The number of rotatable bonds is 5. The van der Waals surface area contributed by atoms with E-state index in [0.29, 0.717) is 18.4 Å². The number of hydrogen-bond acceptors (Lipinski definition) is 4. The fourth-order valence-corrected chi connectivity index (χ4v) is 4.21. The molecule has 1 saturated carbocycles. The Balaban J connectivity index is 1.84. The van der Waals surface area contributed by atoms with Crippen molar-refractivity contribution in [1.29, 1.82) is 0 Å². The van der Waals surface area contributed by atoms with Crippen LogP contribution >= 0.6 is 0 Å². The van der Waals surface area contributed by atoms with E-state index in [9.17, 15) is 4.79 Å². The van der Waals surface area contributed by atoms with Crippen molar-refractivity contribution in [2.45, 2.75) is 79.2 Å². The van der Waals surface area contributed by atoms with Gasteiger partial charge >= 0.3 is 0 Å². The SMILES string of the molecule is CCN(C(=O)Cc1c(C)nn(-c2nc(C)cc(C)n2)c1C)C1CCCCC1. The molecular weight excluding hydrogens is 338 g/mol. The predicted molar refractivity (Wildman–Crippen MR) is 106 cm³/mol. The van der Waals surface area contributed by atoms with E-state index in [1.54, 1.807) is 4.68 Å². The van der Waals surface area contributed by atoms with Gasteiger partial charge in [0.25, 0.3) is 5.95 Å². The van der Waals surface area contributed by atoms with E-state index >= 15 is 0 Å². The molecule has 1 aliphatic carbocycles. The maximum absolute atomic E-state index is 13.1. The molecule has 0 radical (unpaired) electrons. The summed E-state index contributed by atoms with van der Waals surface area (Å²) < 4.78 is 1.77. The Kier molecular flexibility index (Phi) is 5.92. The first-order valence-electron chi connectivity index (χ1n) is 10.1. The average Bonchev–Trinajstić information content (AvgIpc) is 2.91. The van der Waals surface area contributed by atoms with Gasteiger partial charge in [-0.25, -0.2) is 14.6 Å². The summed E-state index contributed by atoms with van der Waals surface area (Å²) in [5, 5.41) is 4.63. The molecule has 0 bridgehead atoms. The quantitative estimate of drug-likeness (QED) is 0.807. The van der Waals surface area contributed by atoms with E-state index in [1.165, 1.54) is 19.3 Å². The lowest BCUT2D eigenvalue weighted by atomic mass is 9.93. The smallest absolute Gasteiger partial charge is 0.251 e. The molecule has 2 aromatic rings. The molecule has 3 rings (SSSR count). The highest BCUT2D eigenvalue weighted by molar-refractivity contribution is 5.79. The molecule has 1 amide bonds. The lowest BCUT2D eigenvalue weighted by molar-refractivity contribution is -0.133. The van der Waals surface area contributed by atoms with Gasteiger partial charge in [0, 0.05) is 35.2 Å². The molecule has 146 valence electrons. The molecule has 1 fully saturated rings. The third-order valence-corrected chi connectivity index (χ3v) is 5.61. The van der Waals surface area contributed by atoms with Gasteiger partial charge in [-0.1, -0.05) is 19.3 Å². The summed E-state index contributed by atoms with van der Waals surface area (Å²) in [6, 6.07) is 2.35. The van der Waals surface area contributed by atoms with Crippen LogP contribution in [0.1, 0.15) is 67.4 Å². The highest BCUT2D eigenvalue weighted by Gasteiger charge is 2.26. The van der Waals surface area contributed by atoms with Crippen molar-refractivity contribution in [1.82, 2.24) is 24.6 Å². The number of aromatic nitrogens is 4. The number of carbonyl (C=O) groups excluding carboxylic acids is 1. The van der Waals surface area contributed by atoms with E-state index in [-0.39, 0.29) is 5.91 Å². The molecule has 0 N–H and O–H groups in total. The molecular formula is C21H31N5O. The van der Waals surface area contributed by atoms with Gasteiger partial charge in [-0.2, -0.15) is 5.10 Å². The number of likely N-dealkylation sites (N-methyl/N-ethyl adjacent to an activating group) is 1. The van der Waals surface area contributed by atoms with E-state index < -0.39 is 0 Å². The molecule has 6 heteroatoms. The van der Waals surface area contributed by atoms with Gasteiger partial charge < -0.3 is 4.90 Å². The second kappa shape index (κ2) is 8.19. The van der Waals surface area contributed by atoms with Gasteiger partial charge in [-0.15, -0.1) is 0 Å². The zero-order valence-corrected chi connectivity index (χ0v) is 17.2. The minimum Gasteiger partial charge on any atom is -0.340 e. The van der Waals surface area contributed by atoms with Crippen molar-refractivity contribution >= 4 is 5.91 Å². The van der Waals surface area contributed by atoms with Crippen LogP contribution in [-0.2, 0) is 11.2 Å². The Hall–Kier alpha value is -2.24. The Bertz CT molecular complexity index is 800. The monoisotopic (exact) mass is 369 g/mol. The molecule has 0 saturated heterocycles. The fraction of sp³-hybridized carbons (Fsp3) is 0.619. The number of amides is 1. The van der Waals surface area contributed by atoms with E-state index in [4.69, 9.17) is 0 Å². The van der Waals surface area contributed by atoms with Crippen LogP contribution < -0.4 is 0 Å². The summed E-state index contributed by atoms with van der Waals surface area (Å²) in [5.74, 6) is 0.780. The molecule has 0 aliphatic heterocycles. The first kappa shape index (κ1) is 19.5. The lowest BCUT2D eigenvalue weighted by Gasteiger charge is -2.33. The Morgan fingerprint density at radius 1 is 1.11 bits per heavy atom. The fourth-order valence-electron chi connectivity index (χ4n) is 4.21. The molecule has 0 atom stereocenters. The third kappa shape index (κ3) is 4.20. The van der Waals surface area contributed by atoms with Crippen LogP contribution in [0.2, 0.25) is 0 Å². The number of nitrogens with zero attached hydrogens (tertiary/aromatic N) is 5. The van der Waals surface area contributed by atoms with Crippen molar-refractivity contribution in [2.24, 2.45) is 0 Å². The van der Waals surface area contributed by atoms with E-state index in [1.807, 2.05) is 33.8 Å². The van der Waals surface area contributed by atoms with Crippen molar-refractivity contribution in [3.63, 3.8) is 0 Å². The van der Waals surface area contributed by atoms with Crippen LogP contribution in [0.5, 0.6) is 0 Å². The average molecular weight is 370 g/mol. The maximum Gasteiger partial charge on any atom is 0.251 e. The van der Waals surface area contributed by atoms with Gasteiger partial charge in [0.2, 0.25) is 5.91 Å². The highest BCUT2D eigenvalue weighted by Crippen LogP contribution is 2.24. The maximum atomic E-state index is 13.1. The van der Waals surface area contributed by atoms with Crippen LogP contribution in [0.25, 0.3) is 5.95 Å². The first-order valence-corrected chi connectivity index (χ1v) is 10.1. The topological polar surface area (TPSA) is 63.9 Å². The summed E-state index contributed by atoms with van der Waals surface area (Å²) in [5.41, 5.74) is 4.65. The van der Waals surface area contributed by atoms with Crippen LogP contribution in [0.3, 0.4) is 0 Å². The third-order valence-electron chi connectivity index (χ3n) is 5.61. The van der Waals surface area contributed by atoms with Crippen molar-refractivity contribution in [2.75, 3.05) is 6.54 Å². The zero-order valence-electron chi connectivity index (χ0n) is 17.2. The predicted octanol–water partition coefficient (Wildman–Crippen LogP) is 3.62. The minimum atomic E-state index is 0.205. The van der Waals surface area contributed by atoms with Crippen molar-refractivity contribution in [3.05, 3.63) is 34.4 Å². The normalized spacial score (nSPS) is 15.1. The summed E-state index contributed by atoms with van der Waals surface area (Å²) in [4.78, 5) is 24.2. The first-order chi connectivity index (χ1) is 12.9. The van der Waals surface area contributed by atoms with Crippen molar-refractivity contribution in [3.8, 4) is 5.95 Å². The zero-order chi connectivity index (χ0) is 19.6. The van der Waals surface area contributed by atoms with Gasteiger partial charge in [0.15, 0.2) is 0 Å². The van der Waals surface area contributed by atoms with E-state index in [2.05, 4.69) is 26.9 Å². The number of carbonyl (C=O) groups is 1. The number of hydrogen-bond donors (Lipinski definition) is 0. The molecule has 27 heavy (non-hydrogen) atoms. The Morgan fingerprint density at radius 3 is 2.33 bits per heavy atom. The largest absolute Gasteiger partial charge is 0.340 e. The van der Waals surface area contributed by atoms with Gasteiger partial charge in [0.1, 0.15) is 0 Å². The minimum absolute atomic E-state index is 0.205. The summed E-state index contributed by atoms with van der Waals surface area (Å²) >= 11 is 0. The second-order valence-corrected chi connectivity index (χ2v) is 7.66. The summed E-state index contributed by atoms with van der Waals surface area (Å²) in [6.45, 7) is 10.7. The molecule has 2 aromatic heterocycles. The lowest BCUT2D eigenvalue weighted by Crippen LogP contribution is -2.42. The molecule has 0 unspecified atom stereocenters. The second-order valence-electron chi connectivity index (χ2n) is 7.66. The van der Waals surface area contributed by atoms with Gasteiger partial charge in [-0.05, 0) is 53.5 Å². The summed E-state index contributed by atoms with van der Waals surface area (Å²) in [6.07, 6.45) is 6.42. The van der Waals surface area contributed by atoms with Crippen LogP contribution in [-0.4, -0.2) is 43.1 Å². The molecule has 0 aromatic carbocycles. The molecule has 1 aliphatic rings. The van der Waals surface area contributed by atoms with Crippen LogP contribution in [0.4, 0.5) is 0 Å². The van der Waals surface area contributed by atoms with E-state index in [0.717, 1.165) is 47.7 Å².